The molecule has 0 bridgehead atoms. The van der Waals surface area contributed by atoms with Gasteiger partial charge in [-0.15, -0.1) is 0 Å². The summed E-state index contributed by atoms with van der Waals surface area (Å²) in [4.78, 5) is 0. The van der Waals surface area contributed by atoms with Crippen molar-refractivity contribution >= 4 is 15.9 Å². The van der Waals surface area contributed by atoms with E-state index in [1.54, 1.807) is 6.26 Å². The van der Waals surface area contributed by atoms with E-state index >= 15 is 0 Å². The molecule has 1 unspecified atom stereocenters. The Kier molecular flexibility index (Phi) is 4.02. The molecule has 2 atom stereocenters. The van der Waals surface area contributed by atoms with E-state index in [9.17, 15) is 0 Å². The van der Waals surface area contributed by atoms with Crippen molar-refractivity contribution in [2.45, 2.75) is 25.9 Å². The molecule has 0 aliphatic carbocycles. The summed E-state index contributed by atoms with van der Waals surface area (Å²) in [5, 5.41) is 3.51. The van der Waals surface area contributed by atoms with Crippen molar-refractivity contribution in [3.63, 3.8) is 0 Å². The van der Waals surface area contributed by atoms with Gasteiger partial charge in [0.25, 0.3) is 0 Å². The number of furan rings is 1. The van der Waals surface area contributed by atoms with Crippen LogP contribution >= 0.6 is 15.9 Å². The summed E-state index contributed by atoms with van der Waals surface area (Å²) in [5.74, 6) is 0.965. The van der Waals surface area contributed by atoms with Crippen molar-refractivity contribution in [1.82, 2.24) is 5.32 Å². The standard InChI is InChI=1S/C14H16BrNO/c1-10(12-5-3-6-13(15)9-12)16-11(2)14-7-4-8-17-14/h3-11,16H,1-2H3/t10?,11-/m1/s1. The van der Waals surface area contributed by atoms with Crippen molar-refractivity contribution in [3.8, 4) is 0 Å². The average Bonchev–Trinajstić information content (AvgIpc) is 2.82. The third kappa shape index (κ3) is 3.20. The maximum atomic E-state index is 5.38. The highest BCUT2D eigenvalue weighted by atomic mass is 79.9. The Labute approximate surface area is 110 Å². The second kappa shape index (κ2) is 5.52. The first-order chi connectivity index (χ1) is 8.16. The quantitative estimate of drug-likeness (QED) is 0.901. The molecule has 0 saturated carbocycles. The van der Waals surface area contributed by atoms with Crippen LogP contribution in [0.5, 0.6) is 0 Å². The van der Waals surface area contributed by atoms with Crippen LogP contribution in [0.15, 0.2) is 51.6 Å². The highest BCUT2D eigenvalue weighted by Gasteiger charge is 2.12. The van der Waals surface area contributed by atoms with Gasteiger partial charge in [0.15, 0.2) is 0 Å². The predicted octanol–water partition coefficient (Wildman–Crippen LogP) is 4.45. The van der Waals surface area contributed by atoms with E-state index in [-0.39, 0.29) is 12.1 Å². The van der Waals surface area contributed by atoms with Crippen LogP contribution in [0.3, 0.4) is 0 Å². The van der Waals surface area contributed by atoms with Crippen LogP contribution in [0.25, 0.3) is 0 Å². The highest BCUT2D eigenvalue weighted by Crippen LogP contribution is 2.21. The third-order valence-electron chi connectivity index (χ3n) is 2.82. The number of hydrogen-bond donors (Lipinski definition) is 1. The average molecular weight is 294 g/mol. The normalized spacial score (nSPS) is 14.5. The molecule has 17 heavy (non-hydrogen) atoms. The first-order valence-corrected chi connectivity index (χ1v) is 6.51. The van der Waals surface area contributed by atoms with Crippen molar-refractivity contribution in [2.75, 3.05) is 0 Å². The Morgan fingerprint density at radius 2 is 1.94 bits per heavy atom. The maximum Gasteiger partial charge on any atom is 0.120 e. The molecule has 1 heterocycles. The van der Waals surface area contributed by atoms with Crippen molar-refractivity contribution < 1.29 is 4.42 Å². The summed E-state index contributed by atoms with van der Waals surface area (Å²) in [7, 11) is 0. The first kappa shape index (κ1) is 12.4. The molecular formula is C14H16BrNO. The molecule has 90 valence electrons. The zero-order valence-electron chi connectivity index (χ0n) is 9.98. The second-order valence-corrected chi connectivity index (χ2v) is 5.10. The summed E-state index contributed by atoms with van der Waals surface area (Å²) in [6.45, 7) is 4.26. The third-order valence-corrected chi connectivity index (χ3v) is 3.31. The van der Waals surface area contributed by atoms with Crippen LogP contribution < -0.4 is 5.32 Å². The zero-order chi connectivity index (χ0) is 12.3. The van der Waals surface area contributed by atoms with Gasteiger partial charge in [-0.2, -0.15) is 0 Å². The van der Waals surface area contributed by atoms with Crippen molar-refractivity contribution in [3.05, 3.63) is 58.5 Å². The lowest BCUT2D eigenvalue weighted by atomic mass is 10.1. The molecule has 1 aromatic heterocycles. The Morgan fingerprint density at radius 1 is 1.12 bits per heavy atom. The molecule has 2 nitrogen and oxygen atoms in total. The predicted molar refractivity (Wildman–Crippen MR) is 72.8 cm³/mol. The molecule has 2 aromatic rings. The molecule has 0 radical (unpaired) electrons. The van der Waals surface area contributed by atoms with Gasteiger partial charge in [-0.25, -0.2) is 0 Å². The van der Waals surface area contributed by atoms with Crippen LogP contribution in [-0.2, 0) is 0 Å². The highest BCUT2D eigenvalue weighted by molar-refractivity contribution is 9.10. The van der Waals surface area contributed by atoms with Crippen LogP contribution in [0.1, 0.15) is 37.3 Å². The van der Waals surface area contributed by atoms with Crippen LogP contribution in [0.2, 0.25) is 0 Å². The fourth-order valence-corrected chi connectivity index (χ4v) is 2.28. The summed E-state index contributed by atoms with van der Waals surface area (Å²) in [6, 6.07) is 12.7. The van der Waals surface area contributed by atoms with Gasteiger partial charge < -0.3 is 9.73 Å². The van der Waals surface area contributed by atoms with Crippen molar-refractivity contribution in [2.24, 2.45) is 0 Å². The Bertz CT molecular complexity index is 467. The summed E-state index contributed by atoms with van der Waals surface area (Å²) < 4.78 is 6.49. The lowest BCUT2D eigenvalue weighted by Gasteiger charge is -2.19. The largest absolute Gasteiger partial charge is 0.468 e. The monoisotopic (exact) mass is 293 g/mol. The molecule has 1 aromatic carbocycles. The molecule has 0 amide bonds. The number of nitrogens with one attached hydrogen (secondary N) is 1. The van der Waals surface area contributed by atoms with Crippen molar-refractivity contribution in [1.29, 1.82) is 0 Å². The Balaban J connectivity index is 2.04. The van der Waals surface area contributed by atoms with Gasteiger partial charge in [-0.1, -0.05) is 28.1 Å². The van der Waals surface area contributed by atoms with E-state index in [4.69, 9.17) is 4.42 Å². The van der Waals surface area contributed by atoms with E-state index < -0.39 is 0 Å². The Morgan fingerprint density at radius 3 is 2.59 bits per heavy atom. The van der Waals surface area contributed by atoms with Gasteiger partial charge >= 0.3 is 0 Å². The Hall–Kier alpha value is -1.06. The van der Waals surface area contributed by atoms with E-state index in [1.165, 1.54) is 5.56 Å². The number of benzene rings is 1. The summed E-state index contributed by atoms with van der Waals surface area (Å²) >= 11 is 3.49. The van der Waals surface area contributed by atoms with Gasteiger partial charge in [0.05, 0.1) is 12.3 Å². The minimum Gasteiger partial charge on any atom is -0.468 e. The molecule has 0 aliphatic heterocycles. The van der Waals surface area contributed by atoms with E-state index in [1.807, 2.05) is 18.2 Å². The minimum absolute atomic E-state index is 0.207. The molecule has 3 heteroatoms. The van der Waals surface area contributed by atoms with Gasteiger partial charge in [-0.3, -0.25) is 0 Å². The van der Waals surface area contributed by atoms with Crippen LogP contribution in [0.4, 0.5) is 0 Å². The first-order valence-electron chi connectivity index (χ1n) is 5.71. The molecule has 0 spiro atoms. The summed E-state index contributed by atoms with van der Waals surface area (Å²) in [5.41, 5.74) is 1.26. The molecule has 0 fully saturated rings. The fourth-order valence-electron chi connectivity index (χ4n) is 1.87. The van der Waals surface area contributed by atoms with Crippen LogP contribution in [-0.4, -0.2) is 0 Å². The lowest BCUT2D eigenvalue weighted by molar-refractivity contribution is 0.403. The molecule has 2 rings (SSSR count). The zero-order valence-corrected chi connectivity index (χ0v) is 11.6. The number of hydrogen-bond acceptors (Lipinski definition) is 2. The minimum atomic E-state index is 0.207. The number of halogens is 1. The molecule has 1 N–H and O–H groups in total. The van der Waals surface area contributed by atoms with Crippen LogP contribution in [0, 0.1) is 0 Å². The molecule has 0 aliphatic rings. The molecule has 0 saturated heterocycles. The lowest BCUT2D eigenvalue weighted by Crippen LogP contribution is -2.22. The van der Waals surface area contributed by atoms with E-state index in [2.05, 4.69) is 53.3 Å². The summed E-state index contributed by atoms with van der Waals surface area (Å²) in [6.07, 6.45) is 1.71. The van der Waals surface area contributed by atoms with E-state index in [0.29, 0.717) is 0 Å². The van der Waals surface area contributed by atoms with Gasteiger partial charge in [0, 0.05) is 10.5 Å². The number of rotatable bonds is 4. The smallest absolute Gasteiger partial charge is 0.120 e. The van der Waals surface area contributed by atoms with E-state index in [0.717, 1.165) is 10.2 Å². The maximum absolute atomic E-state index is 5.38. The second-order valence-electron chi connectivity index (χ2n) is 4.18. The van der Waals surface area contributed by atoms with Gasteiger partial charge in [-0.05, 0) is 43.7 Å². The topological polar surface area (TPSA) is 25.2 Å². The molecular weight excluding hydrogens is 278 g/mol. The van der Waals surface area contributed by atoms with Gasteiger partial charge in [0.2, 0.25) is 0 Å². The fraction of sp³-hybridized carbons (Fsp3) is 0.286. The SMILES string of the molecule is CC(N[C@H](C)c1ccco1)c1cccc(Br)c1. The van der Waals surface area contributed by atoms with Gasteiger partial charge in [0.1, 0.15) is 5.76 Å².